The Kier molecular flexibility index (Phi) is 7.46. The minimum absolute atomic E-state index is 0.148. The fraction of sp³-hybridized carbons (Fsp3) is 0.536. The van der Waals surface area contributed by atoms with Crippen LogP contribution in [0.1, 0.15) is 66.8 Å². The summed E-state index contributed by atoms with van der Waals surface area (Å²) in [7, 11) is 3.31. The quantitative estimate of drug-likeness (QED) is 0.509. The summed E-state index contributed by atoms with van der Waals surface area (Å²) in [4.78, 5) is 15.4. The second-order valence-electron chi connectivity index (χ2n) is 9.58. The number of carbonyl (C=O) groups excluding carboxylic acids is 1. The van der Waals surface area contributed by atoms with E-state index in [4.69, 9.17) is 14.2 Å². The van der Waals surface area contributed by atoms with Crippen molar-refractivity contribution in [3.63, 3.8) is 0 Å². The number of amides is 1. The van der Waals surface area contributed by atoms with Crippen molar-refractivity contribution in [2.24, 2.45) is 5.92 Å². The molecule has 1 aliphatic carbocycles. The summed E-state index contributed by atoms with van der Waals surface area (Å²) < 4.78 is 17.4. The Morgan fingerprint density at radius 1 is 0.970 bits per heavy atom. The molecule has 2 aromatic rings. The van der Waals surface area contributed by atoms with Gasteiger partial charge >= 0.3 is 0 Å². The van der Waals surface area contributed by atoms with Crippen molar-refractivity contribution in [3.05, 3.63) is 52.6 Å². The Labute approximate surface area is 198 Å². The maximum atomic E-state index is 13.4. The van der Waals surface area contributed by atoms with E-state index >= 15 is 0 Å². The lowest BCUT2D eigenvalue weighted by atomic mass is 9.91. The van der Waals surface area contributed by atoms with E-state index in [1.165, 1.54) is 42.4 Å². The molecule has 0 saturated heterocycles. The third kappa shape index (κ3) is 5.45. The zero-order valence-electron chi connectivity index (χ0n) is 20.5. The van der Waals surface area contributed by atoms with Crippen LogP contribution < -0.4 is 14.2 Å². The summed E-state index contributed by atoms with van der Waals surface area (Å²) >= 11 is 0. The lowest BCUT2D eigenvalue weighted by molar-refractivity contribution is -0.135. The Balaban J connectivity index is 1.59. The van der Waals surface area contributed by atoms with Crippen LogP contribution in [0.25, 0.3) is 0 Å². The SMILES string of the molecule is COc1cc2c(cc1OC)C(COc1cc(C)cc(C)c1)N(C(=O)CCC1CCCC1)CC2. The molecule has 5 heteroatoms. The maximum absolute atomic E-state index is 13.4. The van der Waals surface area contributed by atoms with Crippen molar-refractivity contribution >= 4 is 5.91 Å². The monoisotopic (exact) mass is 451 g/mol. The fourth-order valence-corrected chi connectivity index (χ4v) is 5.47. The van der Waals surface area contributed by atoms with Gasteiger partial charge in [0.2, 0.25) is 5.91 Å². The molecule has 5 nitrogen and oxygen atoms in total. The zero-order chi connectivity index (χ0) is 23.4. The molecule has 0 radical (unpaired) electrons. The summed E-state index contributed by atoms with van der Waals surface area (Å²) in [5.74, 6) is 3.20. The smallest absolute Gasteiger partial charge is 0.223 e. The minimum atomic E-state index is -0.148. The summed E-state index contributed by atoms with van der Waals surface area (Å²) in [6.07, 6.45) is 7.59. The molecule has 178 valence electrons. The van der Waals surface area contributed by atoms with E-state index in [1.807, 2.05) is 11.0 Å². The molecule has 0 bridgehead atoms. The van der Waals surface area contributed by atoms with Gasteiger partial charge in [-0.2, -0.15) is 0 Å². The van der Waals surface area contributed by atoms with Gasteiger partial charge < -0.3 is 19.1 Å². The number of hydrogen-bond donors (Lipinski definition) is 0. The molecular weight excluding hydrogens is 414 g/mol. The molecule has 1 aliphatic heterocycles. The molecule has 0 N–H and O–H groups in total. The number of ether oxygens (including phenoxy) is 3. The van der Waals surface area contributed by atoms with Crippen LogP contribution in [0.3, 0.4) is 0 Å². The molecule has 1 amide bonds. The molecule has 1 heterocycles. The van der Waals surface area contributed by atoms with E-state index in [2.05, 4.69) is 38.1 Å². The van der Waals surface area contributed by atoms with Crippen LogP contribution in [0, 0.1) is 19.8 Å². The van der Waals surface area contributed by atoms with Crippen LogP contribution in [0.5, 0.6) is 17.2 Å². The van der Waals surface area contributed by atoms with Gasteiger partial charge in [0.25, 0.3) is 0 Å². The van der Waals surface area contributed by atoms with Gasteiger partial charge in [0, 0.05) is 13.0 Å². The van der Waals surface area contributed by atoms with Crippen LogP contribution in [-0.4, -0.2) is 38.2 Å². The first-order chi connectivity index (χ1) is 16.0. The van der Waals surface area contributed by atoms with E-state index in [1.54, 1.807) is 14.2 Å². The second kappa shape index (κ2) is 10.5. The highest BCUT2D eigenvalue weighted by molar-refractivity contribution is 5.77. The number of carbonyl (C=O) groups is 1. The van der Waals surface area contributed by atoms with Crippen LogP contribution in [0.4, 0.5) is 0 Å². The molecule has 1 unspecified atom stereocenters. The van der Waals surface area contributed by atoms with Crippen LogP contribution in [0.2, 0.25) is 0 Å². The lowest BCUT2D eigenvalue weighted by Crippen LogP contribution is -2.42. The normalized spacial score (nSPS) is 18.2. The van der Waals surface area contributed by atoms with Gasteiger partial charge in [-0.25, -0.2) is 0 Å². The van der Waals surface area contributed by atoms with Gasteiger partial charge in [0.1, 0.15) is 12.4 Å². The maximum Gasteiger partial charge on any atom is 0.223 e. The van der Waals surface area contributed by atoms with Gasteiger partial charge in [0.15, 0.2) is 11.5 Å². The number of benzene rings is 2. The summed E-state index contributed by atoms with van der Waals surface area (Å²) in [6.45, 7) is 5.27. The highest BCUT2D eigenvalue weighted by Gasteiger charge is 2.33. The Hall–Kier alpha value is -2.69. The van der Waals surface area contributed by atoms with Crippen molar-refractivity contribution in [3.8, 4) is 17.2 Å². The molecule has 2 aromatic carbocycles. The first-order valence-electron chi connectivity index (χ1n) is 12.2. The number of rotatable bonds is 8. The van der Waals surface area contributed by atoms with Gasteiger partial charge in [-0.15, -0.1) is 0 Å². The number of fused-ring (bicyclic) bond motifs is 1. The van der Waals surface area contributed by atoms with Crippen molar-refractivity contribution in [2.75, 3.05) is 27.4 Å². The average molecular weight is 452 g/mol. The molecule has 0 spiro atoms. The highest BCUT2D eigenvalue weighted by Crippen LogP contribution is 2.39. The molecule has 2 aliphatic rings. The molecule has 1 saturated carbocycles. The second-order valence-corrected chi connectivity index (χ2v) is 9.58. The van der Waals surface area contributed by atoms with E-state index in [-0.39, 0.29) is 11.9 Å². The number of hydrogen-bond acceptors (Lipinski definition) is 4. The average Bonchev–Trinajstić information content (AvgIpc) is 3.33. The fourth-order valence-electron chi connectivity index (χ4n) is 5.47. The Bertz CT molecular complexity index is 960. The molecule has 1 fully saturated rings. The van der Waals surface area contributed by atoms with Crippen molar-refractivity contribution in [1.29, 1.82) is 0 Å². The van der Waals surface area contributed by atoms with Crippen molar-refractivity contribution in [1.82, 2.24) is 4.90 Å². The lowest BCUT2D eigenvalue weighted by Gasteiger charge is -2.38. The summed E-state index contributed by atoms with van der Waals surface area (Å²) in [5, 5.41) is 0. The zero-order valence-corrected chi connectivity index (χ0v) is 20.5. The van der Waals surface area contributed by atoms with Gasteiger partial charge in [-0.1, -0.05) is 31.7 Å². The Morgan fingerprint density at radius 3 is 2.30 bits per heavy atom. The third-order valence-electron chi connectivity index (χ3n) is 7.17. The van der Waals surface area contributed by atoms with E-state index in [0.717, 1.165) is 29.9 Å². The predicted octanol–water partition coefficient (Wildman–Crippen LogP) is 5.80. The van der Waals surface area contributed by atoms with E-state index in [9.17, 15) is 4.79 Å². The molecule has 33 heavy (non-hydrogen) atoms. The van der Waals surface area contributed by atoms with Crippen molar-refractivity contribution in [2.45, 2.75) is 64.8 Å². The van der Waals surface area contributed by atoms with Gasteiger partial charge in [-0.3, -0.25) is 4.79 Å². The number of nitrogens with zero attached hydrogens (tertiary/aromatic N) is 1. The largest absolute Gasteiger partial charge is 0.493 e. The molecular formula is C28H37NO4. The van der Waals surface area contributed by atoms with Crippen molar-refractivity contribution < 1.29 is 19.0 Å². The number of methoxy groups -OCH3 is 2. The summed E-state index contributed by atoms with van der Waals surface area (Å²) in [6, 6.07) is 10.2. The van der Waals surface area contributed by atoms with Crippen LogP contribution in [-0.2, 0) is 11.2 Å². The van der Waals surface area contributed by atoms with Crippen LogP contribution >= 0.6 is 0 Å². The number of aryl methyl sites for hydroxylation is 2. The standard InChI is InChI=1S/C28H37NO4/c1-19-13-20(2)15-23(14-19)33-18-25-24-17-27(32-4)26(31-3)16-22(24)11-12-29(25)28(30)10-9-21-7-5-6-8-21/h13-17,21,25H,5-12,18H2,1-4H3. The molecule has 4 rings (SSSR count). The predicted molar refractivity (Wildman–Crippen MR) is 130 cm³/mol. The highest BCUT2D eigenvalue weighted by atomic mass is 16.5. The minimum Gasteiger partial charge on any atom is -0.493 e. The molecule has 0 aromatic heterocycles. The van der Waals surface area contributed by atoms with Gasteiger partial charge in [-0.05, 0) is 79.1 Å². The van der Waals surface area contributed by atoms with E-state index < -0.39 is 0 Å². The third-order valence-corrected chi connectivity index (χ3v) is 7.17. The summed E-state index contributed by atoms with van der Waals surface area (Å²) in [5.41, 5.74) is 4.63. The molecule has 1 atom stereocenters. The van der Waals surface area contributed by atoms with E-state index in [0.29, 0.717) is 31.2 Å². The first-order valence-corrected chi connectivity index (χ1v) is 12.2. The first kappa shape index (κ1) is 23.5. The van der Waals surface area contributed by atoms with Crippen LogP contribution in [0.15, 0.2) is 30.3 Å². The Morgan fingerprint density at radius 2 is 1.64 bits per heavy atom. The van der Waals surface area contributed by atoms with Gasteiger partial charge in [0.05, 0.1) is 20.3 Å². The topological polar surface area (TPSA) is 48.0 Å².